The molecule has 0 saturated carbocycles. The van der Waals surface area contributed by atoms with Gasteiger partial charge in [-0.2, -0.15) is 0 Å². The number of hydrogen-bond acceptors (Lipinski definition) is 3. The van der Waals surface area contributed by atoms with Crippen LogP contribution < -0.4 is 0 Å². The average molecular weight is 369 g/mol. The van der Waals surface area contributed by atoms with Crippen LogP contribution in [0.15, 0.2) is 24.3 Å². The van der Waals surface area contributed by atoms with E-state index in [1.807, 2.05) is 13.8 Å². The minimum Gasteiger partial charge on any atom is -0.335 e. The molecule has 0 spiro atoms. The highest BCUT2D eigenvalue weighted by Gasteiger charge is 2.48. The van der Waals surface area contributed by atoms with Gasteiger partial charge >= 0.3 is 0 Å². The minimum atomic E-state index is -3.04. The maximum Gasteiger partial charge on any atom is 0.235 e. The molecule has 2 unspecified atom stereocenters. The van der Waals surface area contributed by atoms with E-state index in [4.69, 9.17) is 4.52 Å². The Hall–Kier alpha value is -1.19. The summed E-state index contributed by atoms with van der Waals surface area (Å²) in [4.78, 5) is 15.0. The number of halogens is 1. The second kappa shape index (κ2) is 7.59. The lowest BCUT2D eigenvalue weighted by Gasteiger charge is -2.46. The first-order chi connectivity index (χ1) is 11.6. The van der Waals surface area contributed by atoms with Crippen LogP contribution in [0.1, 0.15) is 52.6 Å². The molecular formula is C19H29FNO3P. The molecular weight excluding hydrogens is 340 g/mol. The van der Waals surface area contributed by atoms with Crippen LogP contribution in [0, 0.1) is 11.2 Å². The van der Waals surface area contributed by atoms with Crippen molar-refractivity contribution < 1.29 is 18.3 Å². The molecule has 1 aliphatic heterocycles. The molecule has 0 aliphatic carbocycles. The summed E-state index contributed by atoms with van der Waals surface area (Å²) in [6.07, 6.45) is 0.912. The summed E-state index contributed by atoms with van der Waals surface area (Å²) in [5.41, 5.74) is 0.104. The van der Waals surface area contributed by atoms with Crippen LogP contribution >= 0.6 is 7.37 Å². The zero-order chi connectivity index (χ0) is 18.8. The first kappa shape index (κ1) is 20.1. The Balaban J connectivity index is 2.36. The van der Waals surface area contributed by atoms with Gasteiger partial charge in [0.25, 0.3) is 0 Å². The number of benzene rings is 1. The lowest BCUT2D eigenvalue weighted by Crippen LogP contribution is -2.52. The molecule has 1 amide bonds. The highest BCUT2D eigenvalue weighted by molar-refractivity contribution is 7.60. The Morgan fingerprint density at radius 1 is 1.32 bits per heavy atom. The van der Waals surface area contributed by atoms with E-state index in [1.165, 1.54) is 12.1 Å². The summed E-state index contributed by atoms with van der Waals surface area (Å²) in [6, 6.07) is 6.00. The number of carbonyl (C=O) groups excluding carboxylic acids is 1. The van der Waals surface area contributed by atoms with Gasteiger partial charge in [-0.1, -0.05) is 32.9 Å². The van der Waals surface area contributed by atoms with E-state index in [0.29, 0.717) is 25.7 Å². The molecule has 4 nitrogen and oxygen atoms in total. The number of hydrogen-bond donors (Lipinski definition) is 0. The summed E-state index contributed by atoms with van der Waals surface area (Å²) in [7, 11) is -3.04. The van der Waals surface area contributed by atoms with Crippen molar-refractivity contribution >= 4 is 13.3 Å². The van der Waals surface area contributed by atoms with Gasteiger partial charge in [0.1, 0.15) is 11.5 Å². The van der Waals surface area contributed by atoms with Gasteiger partial charge in [0.2, 0.25) is 13.3 Å². The quantitative estimate of drug-likeness (QED) is 0.674. The molecule has 1 saturated heterocycles. The van der Waals surface area contributed by atoms with Gasteiger partial charge in [-0.3, -0.25) is 9.36 Å². The summed E-state index contributed by atoms with van der Waals surface area (Å²) < 4.78 is 32.1. The van der Waals surface area contributed by atoms with Gasteiger partial charge < -0.3 is 9.42 Å². The van der Waals surface area contributed by atoms with E-state index in [-0.39, 0.29) is 23.2 Å². The third-order valence-corrected chi connectivity index (χ3v) is 7.93. The number of piperidine rings is 1. The smallest absolute Gasteiger partial charge is 0.235 e. The Labute approximate surface area is 150 Å². The summed E-state index contributed by atoms with van der Waals surface area (Å²) in [5, 5.41) is 0. The summed E-state index contributed by atoms with van der Waals surface area (Å²) in [6.45, 7) is 10.6. The Morgan fingerprint density at radius 2 is 1.92 bits per heavy atom. The predicted octanol–water partition coefficient (Wildman–Crippen LogP) is 4.85. The number of rotatable bonds is 6. The maximum atomic E-state index is 13.3. The molecule has 1 fully saturated rings. The number of amides is 1. The van der Waals surface area contributed by atoms with Crippen LogP contribution in [0.4, 0.5) is 4.39 Å². The second-order valence-corrected chi connectivity index (χ2v) is 10.5. The first-order valence-corrected chi connectivity index (χ1v) is 10.8. The summed E-state index contributed by atoms with van der Waals surface area (Å²) in [5.74, 6) is -0.416. The molecule has 1 aromatic rings. The summed E-state index contributed by atoms with van der Waals surface area (Å²) >= 11 is 0. The van der Waals surface area contributed by atoms with E-state index in [2.05, 4.69) is 13.8 Å². The van der Waals surface area contributed by atoms with Crippen molar-refractivity contribution in [2.45, 2.75) is 52.7 Å². The van der Waals surface area contributed by atoms with Crippen LogP contribution in [0.25, 0.3) is 0 Å². The van der Waals surface area contributed by atoms with Crippen molar-refractivity contribution in [2.75, 3.05) is 19.3 Å². The molecule has 6 heteroatoms. The van der Waals surface area contributed by atoms with Crippen molar-refractivity contribution in [3.8, 4) is 0 Å². The Morgan fingerprint density at radius 3 is 2.44 bits per heavy atom. The molecule has 0 radical (unpaired) electrons. The van der Waals surface area contributed by atoms with Crippen LogP contribution in [0.5, 0.6) is 0 Å². The van der Waals surface area contributed by atoms with Crippen molar-refractivity contribution in [3.63, 3.8) is 0 Å². The first-order valence-electron chi connectivity index (χ1n) is 8.93. The monoisotopic (exact) mass is 369 g/mol. The fourth-order valence-corrected chi connectivity index (χ4v) is 6.08. The molecule has 25 heavy (non-hydrogen) atoms. The molecule has 140 valence electrons. The normalized spacial score (nSPS) is 24.0. The van der Waals surface area contributed by atoms with E-state index >= 15 is 0 Å². The van der Waals surface area contributed by atoms with E-state index in [9.17, 15) is 13.8 Å². The number of carbonyl (C=O) groups is 1. The molecule has 1 heterocycles. The molecule has 1 aromatic carbocycles. The fraction of sp³-hybridized carbons (Fsp3) is 0.632. The molecule has 3 atom stereocenters. The van der Waals surface area contributed by atoms with Crippen molar-refractivity contribution in [1.82, 2.24) is 4.90 Å². The zero-order valence-corrected chi connectivity index (χ0v) is 16.7. The predicted molar refractivity (Wildman–Crippen MR) is 98.5 cm³/mol. The fourth-order valence-electron chi connectivity index (χ4n) is 3.58. The van der Waals surface area contributed by atoms with Crippen molar-refractivity contribution in [3.05, 3.63) is 35.6 Å². The van der Waals surface area contributed by atoms with Crippen LogP contribution in [-0.2, 0) is 13.9 Å². The van der Waals surface area contributed by atoms with Crippen LogP contribution in [0.3, 0.4) is 0 Å². The third-order valence-electron chi connectivity index (χ3n) is 5.00. The highest BCUT2D eigenvalue weighted by Crippen LogP contribution is 2.57. The van der Waals surface area contributed by atoms with Gasteiger partial charge in [0.05, 0.1) is 12.6 Å². The van der Waals surface area contributed by atoms with E-state index in [1.54, 1.807) is 24.0 Å². The number of nitrogens with zero attached hydrogens (tertiary/aromatic N) is 1. The highest BCUT2D eigenvalue weighted by atomic mass is 31.2. The lowest BCUT2D eigenvalue weighted by molar-refractivity contribution is -0.139. The van der Waals surface area contributed by atoms with Gasteiger partial charge in [0, 0.05) is 12.7 Å². The molecule has 1 aliphatic rings. The minimum absolute atomic E-state index is 0.116. The molecule has 0 bridgehead atoms. The SMILES string of the molecule is CCOP(=O)(CC)C1CC(C)(C)CN([C@@H](C)c2ccc(F)cc2)C1=O. The van der Waals surface area contributed by atoms with Crippen molar-refractivity contribution in [1.29, 1.82) is 0 Å². The molecule has 2 rings (SSSR count). The van der Waals surface area contributed by atoms with E-state index in [0.717, 1.165) is 5.56 Å². The van der Waals surface area contributed by atoms with Gasteiger partial charge in [-0.25, -0.2) is 4.39 Å². The Kier molecular flexibility index (Phi) is 6.11. The van der Waals surface area contributed by atoms with Gasteiger partial charge in [-0.05, 0) is 43.4 Å². The lowest BCUT2D eigenvalue weighted by atomic mass is 9.82. The van der Waals surface area contributed by atoms with E-state index < -0.39 is 13.0 Å². The maximum absolute atomic E-state index is 13.3. The average Bonchev–Trinajstić information content (AvgIpc) is 2.56. The largest absolute Gasteiger partial charge is 0.335 e. The second-order valence-electron chi connectivity index (χ2n) is 7.54. The van der Waals surface area contributed by atoms with Gasteiger partial charge in [-0.15, -0.1) is 0 Å². The number of likely N-dealkylation sites (tertiary alicyclic amines) is 1. The standard InChI is InChI=1S/C19H29FNO3P/c1-6-24-25(23,7-2)17-12-19(4,5)13-21(18(17)22)14(3)15-8-10-16(20)11-9-15/h8-11,14,17H,6-7,12-13H2,1-5H3/t14-,17?,25?/m0/s1. The third kappa shape index (κ3) is 4.32. The zero-order valence-electron chi connectivity index (χ0n) is 15.8. The van der Waals surface area contributed by atoms with Gasteiger partial charge in [0.15, 0.2) is 0 Å². The molecule has 0 N–H and O–H groups in total. The topological polar surface area (TPSA) is 46.6 Å². The van der Waals surface area contributed by atoms with Crippen LogP contribution in [-0.4, -0.2) is 35.8 Å². The van der Waals surface area contributed by atoms with Crippen LogP contribution in [0.2, 0.25) is 0 Å². The molecule has 0 aromatic heterocycles. The Bertz CT molecular complexity index is 659. The van der Waals surface area contributed by atoms with Crippen molar-refractivity contribution in [2.24, 2.45) is 5.41 Å².